The Hall–Kier alpha value is -5.71. The normalized spacial score (nSPS) is 23.3. The molecule has 72 heavy (non-hydrogen) atoms. The summed E-state index contributed by atoms with van der Waals surface area (Å²) in [6.45, 7) is 10.4. The largest absolute Gasteiger partial charge is 0.393 e. The fourth-order valence-electron chi connectivity index (χ4n) is 8.10. The van der Waals surface area contributed by atoms with Crippen LogP contribution in [0.1, 0.15) is 131 Å². The third kappa shape index (κ3) is 23.7. The Morgan fingerprint density at radius 3 is 1.56 bits per heavy atom. The molecule has 0 radical (unpaired) electrons. The van der Waals surface area contributed by atoms with Gasteiger partial charge in [0.15, 0.2) is 0 Å². The van der Waals surface area contributed by atoms with Gasteiger partial charge in [0.05, 0.1) is 12.5 Å². The quantitative estimate of drug-likeness (QED) is 0.0580. The van der Waals surface area contributed by atoms with E-state index in [0.717, 1.165) is 32.1 Å². The van der Waals surface area contributed by atoms with Gasteiger partial charge in [0, 0.05) is 13.0 Å². The number of unbranched alkanes of at least 4 members (excludes halogenated alkanes) is 4. The van der Waals surface area contributed by atoms with E-state index in [0.29, 0.717) is 12.0 Å². The Labute approximate surface area is 425 Å². The van der Waals surface area contributed by atoms with Crippen LogP contribution in [-0.2, 0) is 49.6 Å². The first kappa shape index (κ1) is 62.4. The van der Waals surface area contributed by atoms with Crippen LogP contribution in [0.15, 0.2) is 30.3 Å². The Morgan fingerprint density at radius 2 is 1.06 bits per heavy atom. The molecule has 0 unspecified atom stereocenters. The second kappa shape index (κ2) is 33.8. The van der Waals surface area contributed by atoms with Gasteiger partial charge in [-0.1, -0.05) is 97.1 Å². The lowest BCUT2D eigenvalue weighted by Crippen LogP contribution is -2.61. The zero-order valence-corrected chi connectivity index (χ0v) is 43.3. The summed E-state index contributed by atoms with van der Waals surface area (Å²) < 4.78 is 0. The number of hydrogen-bond donors (Lipinski definition) is 13. The van der Waals surface area contributed by atoms with E-state index in [1.807, 2.05) is 27.7 Å². The summed E-state index contributed by atoms with van der Waals surface area (Å²) >= 11 is 0. The summed E-state index contributed by atoms with van der Waals surface area (Å²) in [7, 11) is 0. The van der Waals surface area contributed by atoms with E-state index in [4.69, 9.17) is 17.2 Å². The highest BCUT2D eigenvalue weighted by atomic mass is 16.3. The third-order valence-electron chi connectivity index (χ3n) is 12.1. The van der Waals surface area contributed by atoms with Crippen LogP contribution >= 0.6 is 0 Å². The minimum atomic E-state index is -1.43. The fraction of sp³-hybridized carbons (Fsp3) is 0.700. The number of benzene rings is 1. The van der Waals surface area contributed by atoms with Gasteiger partial charge in [0.25, 0.3) is 0 Å². The molecule has 1 aromatic rings. The van der Waals surface area contributed by atoms with Crippen molar-refractivity contribution in [2.45, 2.75) is 186 Å². The van der Waals surface area contributed by atoms with Crippen LogP contribution in [-0.4, -0.2) is 139 Å². The number of amides is 9. The molecule has 0 aromatic heterocycles. The second-order valence-electron chi connectivity index (χ2n) is 19.5. The molecule has 0 spiro atoms. The average Bonchev–Trinajstić information content (AvgIpc) is 3.31. The summed E-state index contributed by atoms with van der Waals surface area (Å²) in [5.74, 6) is -6.93. The van der Waals surface area contributed by atoms with Crippen molar-refractivity contribution in [1.82, 2.24) is 47.9 Å². The highest BCUT2D eigenvalue weighted by molar-refractivity contribution is 5.98. The minimum absolute atomic E-state index is 0.0404. The molecular weight excluding hydrogens is 929 g/mol. The van der Waals surface area contributed by atoms with Crippen LogP contribution in [0.5, 0.6) is 0 Å². The molecule has 9 amide bonds. The Bertz CT molecular complexity index is 1890. The van der Waals surface area contributed by atoms with Crippen molar-refractivity contribution in [2.24, 2.45) is 29.0 Å². The summed E-state index contributed by atoms with van der Waals surface area (Å²) in [4.78, 5) is 125. The lowest BCUT2D eigenvalue weighted by molar-refractivity contribution is -0.136. The first-order valence-corrected chi connectivity index (χ1v) is 25.7. The van der Waals surface area contributed by atoms with E-state index in [2.05, 4.69) is 54.8 Å². The zero-order valence-electron chi connectivity index (χ0n) is 43.3. The summed E-state index contributed by atoms with van der Waals surface area (Å²) in [5, 5.41) is 34.5. The van der Waals surface area contributed by atoms with Gasteiger partial charge in [-0.15, -0.1) is 0 Å². The number of hydrogen-bond acceptors (Lipinski definition) is 13. The van der Waals surface area contributed by atoms with Crippen LogP contribution in [0, 0.1) is 11.8 Å². The van der Waals surface area contributed by atoms with Crippen LogP contribution < -0.4 is 65.1 Å². The van der Waals surface area contributed by atoms with Gasteiger partial charge in [0.1, 0.15) is 48.3 Å². The van der Waals surface area contributed by atoms with Gasteiger partial charge in [-0.3, -0.25) is 43.2 Å². The van der Waals surface area contributed by atoms with E-state index in [1.54, 1.807) is 30.3 Å². The highest BCUT2D eigenvalue weighted by Crippen LogP contribution is 2.13. The van der Waals surface area contributed by atoms with Crippen LogP contribution in [0.2, 0.25) is 0 Å². The molecule has 2 rings (SSSR count). The van der Waals surface area contributed by atoms with Crippen molar-refractivity contribution in [3.05, 3.63) is 35.9 Å². The third-order valence-corrected chi connectivity index (χ3v) is 12.1. The standard InChI is InChI=1S/C50H86N12O10/c1-7-8-9-10-14-17-34(63)29-42(64)55-32(6)43(65)56-38-21-25-54-44(66)39(26-30(2)3)60-46(68)36(19-23-52)57-45(67)35(18-22-51)59-49(71)40(27-31(4)5)61-50(72)41(28-33-15-12-11-13-16-33)62-47(69)37(20-24-53)58-48(38)70/h11-13,15-16,30-32,34-41,63H,7-10,14,17-29,51-53H2,1-6H3,(H,54,66)(H,55,64)(H,56,65)(H,57,67)(H,58,70)(H,59,71)(H,60,68)(H,61,72)(H,62,69)/t32-,34-,35+,36+,37+,38+,39+,40+,41-/m1/s1. The van der Waals surface area contributed by atoms with Crippen molar-refractivity contribution >= 4 is 53.2 Å². The molecule has 0 aliphatic carbocycles. The van der Waals surface area contributed by atoms with Crippen molar-refractivity contribution in [1.29, 1.82) is 0 Å². The molecule has 1 aliphatic heterocycles. The topological polar surface area (TPSA) is 360 Å². The first-order chi connectivity index (χ1) is 34.2. The lowest BCUT2D eigenvalue weighted by atomic mass is 10.00. The van der Waals surface area contributed by atoms with Crippen LogP contribution in [0.25, 0.3) is 0 Å². The predicted molar refractivity (Wildman–Crippen MR) is 273 cm³/mol. The Morgan fingerprint density at radius 1 is 0.611 bits per heavy atom. The average molecular weight is 1020 g/mol. The van der Waals surface area contributed by atoms with Crippen molar-refractivity contribution < 1.29 is 48.3 Å². The number of aliphatic hydroxyl groups is 1. The maximum atomic E-state index is 14.3. The number of carbonyl (C=O) groups is 9. The Kier molecular flexibility index (Phi) is 29.3. The molecule has 1 aliphatic rings. The van der Waals surface area contributed by atoms with Gasteiger partial charge >= 0.3 is 0 Å². The number of aliphatic hydroxyl groups excluding tert-OH is 1. The molecule has 16 N–H and O–H groups in total. The number of nitrogens with two attached hydrogens (primary N) is 3. The van der Waals surface area contributed by atoms with Gasteiger partial charge in [-0.2, -0.15) is 0 Å². The second-order valence-corrected chi connectivity index (χ2v) is 19.5. The van der Waals surface area contributed by atoms with Gasteiger partial charge in [-0.05, 0) is 88.9 Å². The van der Waals surface area contributed by atoms with E-state index in [9.17, 15) is 48.3 Å². The van der Waals surface area contributed by atoms with E-state index < -0.39 is 108 Å². The van der Waals surface area contributed by atoms with Crippen molar-refractivity contribution in [2.75, 3.05) is 26.2 Å². The van der Waals surface area contributed by atoms with Gasteiger partial charge in [0.2, 0.25) is 53.2 Å². The maximum absolute atomic E-state index is 14.3. The van der Waals surface area contributed by atoms with Crippen molar-refractivity contribution in [3.8, 4) is 0 Å². The van der Waals surface area contributed by atoms with Gasteiger partial charge in [-0.25, -0.2) is 0 Å². The van der Waals surface area contributed by atoms with Gasteiger partial charge < -0.3 is 70.2 Å². The molecular formula is C50H86N12O10. The molecule has 9 atom stereocenters. The minimum Gasteiger partial charge on any atom is -0.393 e. The summed E-state index contributed by atoms with van der Waals surface area (Å²) in [5.41, 5.74) is 18.3. The molecule has 1 fully saturated rings. The summed E-state index contributed by atoms with van der Waals surface area (Å²) in [6.07, 6.45) is 3.86. The molecule has 22 heteroatoms. The summed E-state index contributed by atoms with van der Waals surface area (Å²) in [6, 6.07) is -1.39. The highest BCUT2D eigenvalue weighted by Gasteiger charge is 2.35. The lowest BCUT2D eigenvalue weighted by Gasteiger charge is -2.28. The Balaban J connectivity index is 2.63. The van der Waals surface area contributed by atoms with E-state index >= 15 is 0 Å². The van der Waals surface area contributed by atoms with E-state index in [-0.39, 0.29) is 89.4 Å². The number of nitrogens with one attached hydrogen (secondary N) is 9. The molecule has 22 nitrogen and oxygen atoms in total. The van der Waals surface area contributed by atoms with Crippen LogP contribution in [0.3, 0.4) is 0 Å². The maximum Gasteiger partial charge on any atom is 0.243 e. The number of carbonyl (C=O) groups excluding carboxylic acids is 9. The van der Waals surface area contributed by atoms with Crippen molar-refractivity contribution in [3.63, 3.8) is 0 Å². The molecule has 406 valence electrons. The SMILES string of the molecule is CCCCCCC[C@@H](O)CC(=O)N[C@H](C)C(=O)N[C@H]1CCNC(=O)[C@H](CC(C)C)NC(=O)[C@H](CCN)NC(=O)[C@H](CCN)NC(=O)[C@H](CC(C)C)NC(=O)[C@@H](Cc2ccccc2)NC(=O)[C@H](CCN)NC1=O. The molecule has 1 heterocycles. The predicted octanol–water partition coefficient (Wildman–Crippen LogP) is -1.10. The zero-order chi connectivity index (χ0) is 53.8. The monoisotopic (exact) mass is 1010 g/mol. The number of rotatable bonds is 23. The molecule has 0 bridgehead atoms. The molecule has 0 saturated carbocycles. The van der Waals surface area contributed by atoms with E-state index in [1.165, 1.54) is 6.92 Å². The first-order valence-electron chi connectivity index (χ1n) is 25.7. The van der Waals surface area contributed by atoms with Crippen LogP contribution in [0.4, 0.5) is 0 Å². The smallest absolute Gasteiger partial charge is 0.243 e. The molecule has 1 saturated heterocycles. The molecule has 1 aromatic carbocycles. The fourth-order valence-corrected chi connectivity index (χ4v) is 8.10.